The molecule has 116 valence electrons. The summed E-state index contributed by atoms with van der Waals surface area (Å²) in [6.07, 6.45) is 1.74. The van der Waals surface area contributed by atoms with E-state index in [9.17, 15) is 13.6 Å². The molecule has 0 unspecified atom stereocenters. The van der Waals surface area contributed by atoms with Crippen molar-refractivity contribution in [2.24, 2.45) is 10.9 Å². The van der Waals surface area contributed by atoms with Crippen LogP contribution in [0, 0.1) is 0 Å². The number of amides is 1. The van der Waals surface area contributed by atoms with Gasteiger partial charge in [0, 0.05) is 18.5 Å². The van der Waals surface area contributed by atoms with Gasteiger partial charge >= 0.3 is 6.61 Å². The van der Waals surface area contributed by atoms with E-state index in [1.165, 1.54) is 24.3 Å². The van der Waals surface area contributed by atoms with Gasteiger partial charge in [0.15, 0.2) is 0 Å². The fourth-order valence-electron chi connectivity index (χ4n) is 1.60. The van der Waals surface area contributed by atoms with E-state index in [1.807, 2.05) is 0 Å². The Morgan fingerprint density at radius 2 is 2.19 bits per heavy atom. The molecule has 0 aromatic heterocycles. The van der Waals surface area contributed by atoms with Crippen molar-refractivity contribution in [3.63, 3.8) is 0 Å². The second kappa shape index (κ2) is 8.72. The highest BCUT2D eigenvalue weighted by atomic mass is 19.3. The molecule has 0 aliphatic rings. The number of oxime groups is 1. The summed E-state index contributed by atoms with van der Waals surface area (Å²) in [7, 11) is 0. The summed E-state index contributed by atoms with van der Waals surface area (Å²) in [5, 5.41) is 13.8. The molecule has 0 aliphatic carbocycles. The fraction of sp³-hybridized carbons (Fsp3) is 0.385. The third-order valence-electron chi connectivity index (χ3n) is 2.60. The summed E-state index contributed by atoms with van der Waals surface area (Å²) in [4.78, 5) is 11.8. The summed E-state index contributed by atoms with van der Waals surface area (Å²) in [6, 6.07) is 5.56. The molecule has 6 nitrogen and oxygen atoms in total. The van der Waals surface area contributed by atoms with E-state index >= 15 is 0 Å². The second-order valence-corrected chi connectivity index (χ2v) is 4.21. The van der Waals surface area contributed by atoms with Gasteiger partial charge in [0.1, 0.15) is 11.6 Å². The number of rotatable bonds is 8. The fourth-order valence-corrected chi connectivity index (χ4v) is 1.60. The minimum absolute atomic E-state index is 0.0652. The molecule has 4 N–H and O–H groups in total. The second-order valence-electron chi connectivity index (χ2n) is 4.21. The van der Waals surface area contributed by atoms with E-state index in [0.717, 1.165) is 0 Å². The topological polar surface area (TPSA) is 96.9 Å². The minimum atomic E-state index is -2.93. The summed E-state index contributed by atoms with van der Waals surface area (Å²) in [5.74, 6) is -0.304. The number of carbonyl (C=O) groups excluding carboxylic acids is 1. The molecule has 1 aromatic rings. The number of alkyl halides is 2. The van der Waals surface area contributed by atoms with Crippen LogP contribution in [-0.4, -0.2) is 30.1 Å². The van der Waals surface area contributed by atoms with Crippen LogP contribution in [0.5, 0.6) is 5.75 Å². The molecule has 0 fully saturated rings. The van der Waals surface area contributed by atoms with Crippen molar-refractivity contribution >= 4 is 11.7 Å². The number of ether oxygens (including phenoxy) is 1. The first-order valence-corrected chi connectivity index (χ1v) is 6.32. The normalized spacial score (nSPS) is 11.5. The average Bonchev–Trinajstić information content (AvgIpc) is 2.46. The lowest BCUT2D eigenvalue weighted by Gasteiger charge is -2.08. The molecule has 1 rings (SSSR count). The largest absolute Gasteiger partial charge is 0.435 e. The van der Waals surface area contributed by atoms with Gasteiger partial charge in [-0.25, -0.2) is 0 Å². The molecule has 0 atom stereocenters. The maximum Gasteiger partial charge on any atom is 0.387 e. The molecule has 21 heavy (non-hydrogen) atoms. The van der Waals surface area contributed by atoms with Crippen molar-refractivity contribution in [2.45, 2.75) is 25.9 Å². The molecule has 0 spiro atoms. The van der Waals surface area contributed by atoms with E-state index in [0.29, 0.717) is 25.8 Å². The van der Waals surface area contributed by atoms with Gasteiger partial charge in [-0.3, -0.25) is 4.79 Å². The standard InChI is InChI=1S/C13H17F2N3O3/c14-13(15)21-10-5-3-4-9(8-10)12(19)17-7-2-1-6-11(16)18-20/h3-5,8,13,20H,1-2,6-7H2,(H2,16,18)(H,17,19). The Morgan fingerprint density at radius 1 is 1.43 bits per heavy atom. The van der Waals surface area contributed by atoms with Gasteiger partial charge in [-0.15, -0.1) is 0 Å². The predicted octanol–water partition coefficient (Wildman–Crippen LogP) is 1.93. The summed E-state index contributed by atoms with van der Waals surface area (Å²) >= 11 is 0. The lowest BCUT2D eigenvalue weighted by molar-refractivity contribution is -0.0498. The van der Waals surface area contributed by atoms with Crippen LogP contribution in [0.3, 0.4) is 0 Å². The van der Waals surface area contributed by atoms with Crippen molar-refractivity contribution in [3.05, 3.63) is 29.8 Å². The number of halogens is 2. The van der Waals surface area contributed by atoms with E-state index in [1.54, 1.807) is 0 Å². The lowest BCUT2D eigenvalue weighted by atomic mass is 10.2. The quantitative estimate of drug-likeness (QED) is 0.225. The van der Waals surface area contributed by atoms with Crippen LogP contribution in [0.1, 0.15) is 29.6 Å². The van der Waals surface area contributed by atoms with Crippen LogP contribution in [-0.2, 0) is 0 Å². The lowest BCUT2D eigenvalue weighted by Crippen LogP contribution is -2.24. The number of benzene rings is 1. The van der Waals surface area contributed by atoms with Crippen LogP contribution in [0.25, 0.3) is 0 Å². The van der Waals surface area contributed by atoms with E-state index < -0.39 is 6.61 Å². The number of nitrogens with zero attached hydrogens (tertiary/aromatic N) is 1. The highest BCUT2D eigenvalue weighted by Gasteiger charge is 2.09. The Hall–Kier alpha value is -2.38. The van der Waals surface area contributed by atoms with E-state index in [4.69, 9.17) is 10.9 Å². The monoisotopic (exact) mass is 301 g/mol. The maximum atomic E-state index is 12.1. The van der Waals surface area contributed by atoms with E-state index in [2.05, 4.69) is 15.2 Å². The molecular formula is C13H17F2N3O3. The van der Waals surface area contributed by atoms with Crippen molar-refractivity contribution in [2.75, 3.05) is 6.54 Å². The predicted molar refractivity (Wildman–Crippen MR) is 72.7 cm³/mol. The number of nitrogens with one attached hydrogen (secondary N) is 1. The van der Waals surface area contributed by atoms with Crippen LogP contribution in [0.2, 0.25) is 0 Å². The van der Waals surface area contributed by atoms with Gasteiger partial charge < -0.3 is 21.0 Å². The van der Waals surface area contributed by atoms with Crippen molar-refractivity contribution in [1.29, 1.82) is 0 Å². The highest BCUT2D eigenvalue weighted by molar-refractivity contribution is 5.94. The Kier molecular flexibility index (Phi) is 6.93. The first-order valence-electron chi connectivity index (χ1n) is 6.32. The summed E-state index contributed by atoms with van der Waals surface area (Å²) in [5.41, 5.74) is 5.54. The maximum absolute atomic E-state index is 12.1. The third kappa shape index (κ3) is 6.55. The molecule has 0 radical (unpaired) electrons. The van der Waals surface area contributed by atoms with Gasteiger partial charge in [0.25, 0.3) is 5.91 Å². The van der Waals surface area contributed by atoms with Gasteiger partial charge in [0.2, 0.25) is 0 Å². The molecule has 0 saturated heterocycles. The molecular weight excluding hydrogens is 284 g/mol. The van der Waals surface area contributed by atoms with Gasteiger partial charge in [-0.05, 0) is 31.0 Å². The van der Waals surface area contributed by atoms with Gasteiger partial charge in [-0.1, -0.05) is 11.2 Å². The number of hydrogen-bond acceptors (Lipinski definition) is 4. The van der Waals surface area contributed by atoms with Crippen molar-refractivity contribution in [3.8, 4) is 5.75 Å². The first-order chi connectivity index (χ1) is 10.0. The molecule has 1 amide bonds. The van der Waals surface area contributed by atoms with Crippen LogP contribution < -0.4 is 15.8 Å². The number of hydrogen-bond donors (Lipinski definition) is 3. The third-order valence-corrected chi connectivity index (χ3v) is 2.60. The van der Waals surface area contributed by atoms with E-state index in [-0.39, 0.29) is 23.1 Å². The number of amidine groups is 1. The zero-order valence-corrected chi connectivity index (χ0v) is 11.3. The Bertz CT molecular complexity index is 495. The molecule has 0 bridgehead atoms. The molecule has 0 aliphatic heterocycles. The Morgan fingerprint density at radius 3 is 2.86 bits per heavy atom. The van der Waals surface area contributed by atoms with Crippen molar-refractivity contribution in [1.82, 2.24) is 5.32 Å². The number of unbranched alkanes of at least 4 members (excludes halogenated alkanes) is 1. The molecule has 0 saturated carbocycles. The molecule has 1 aromatic carbocycles. The number of nitrogens with two attached hydrogens (primary N) is 1. The Labute approximate surface area is 120 Å². The van der Waals surface area contributed by atoms with Gasteiger partial charge in [-0.2, -0.15) is 8.78 Å². The first kappa shape index (κ1) is 16.7. The average molecular weight is 301 g/mol. The molecule has 8 heteroatoms. The zero-order chi connectivity index (χ0) is 15.7. The summed E-state index contributed by atoms with van der Waals surface area (Å²) < 4.78 is 28.4. The van der Waals surface area contributed by atoms with Crippen LogP contribution >= 0.6 is 0 Å². The SMILES string of the molecule is NC(CCCCNC(=O)c1cccc(OC(F)F)c1)=NO. The number of carbonyl (C=O) groups is 1. The Balaban J connectivity index is 2.38. The minimum Gasteiger partial charge on any atom is -0.435 e. The van der Waals surface area contributed by atoms with Crippen LogP contribution in [0.15, 0.2) is 29.4 Å². The molecule has 0 heterocycles. The summed E-state index contributed by atoms with van der Waals surface area (Å²) in [6.45, 7) is -2.53. The van der Waals surface area contributed by atoms with Crippen LogP contribution in [0.4, 0.5) is 8.78 Å². The van der Waals surface area contributed by atoms with Crippen molar-refractivity contribution < 1.29 is 23.5 Å². The smallest absolute Gasteiger partial charge is 0.387 e. The zero-order valence-electron chi connectivity index (χ0n) is 11.3. The van der Waals surface area contributed by atoms with Gasteiger partial charge in [0.05, 0.1) is 0 Å². The highest BCUT2D eigenvalue weighted by Crippen LogP contribution is 2.15.